The molecular formula is C22H25NO4. The summed E-state index contributed by atoms with van der Waals surface area (Å²) >= 11 is 0. The van der Waals surface area contributed by atoms with Gasteiger partial charge >= 0.3 is 5.97 Å². The topological polar surface area (TPSA) is 64.6 Å². The van der Waals surface area contributed by atoms with Crippen LogP contribution in [0.15, 0.2) is 42.5 Å². The largest absolute Gasteiger partial charge is 0.489 e. The molecule has 0 aromatic heterocycles. The first-order chi connectivity index (χ1) is 12.9. The number of methoxy groups -OCH3 is 1. The Kier molecular flexibility index (Phi) is 5.49. The van der Waals surface area contributed by atoms with Crippen molar-refractivity contribution in [3.8, 4) is 5.75 Å². The predicted molar refractivity (Wildman–Crippen MR) is 103 cm³/mol. The second kappa shape index (κ2) is 7.82. The van der Waals surface area contributed by atoms with Crippen molar-refractivity contribution in [1.29, 1.82) is 0 Å². The van der Waals surface area contributed by atoms with Crippen LogP contribution in [0.1, 0.15) is 59.3 Å². The monoisotopic (exact) mass is 367 g/mol. The van der Waals surface area contributed by atoms with Crippen molar-refractivity contribution in [2.45, 2.75) is 45.3 Å². The van der Waals surface area contributed by atoms with E-state index in [0.717, 1.165) is 16.7 Å². The van der Waals surface area contributed by atoms with Crippen LogP contribution >= 0.6 is 0 Å². The maximum atomic E-state index is 13.0. The molecule has 2 aromatic rings. The van der Waals surface area contributed by atoms with Crippen LogP contribution in [-0.4, -0.2) is 25.1 Å². The number of fused-ring (bicyclic) bond motifs is 1. The van der Waals surface area contributed by atoms with Crippen LogP contribution in [0.25, 0.3) is 0 Å². The molecule has 3 atom stereocenters. The highest BCUT2D eigenvalue weighted by Gasteiger charge is 2.31. The van der Waals surface area contributed by atoms with E-state index in [1.54, 1.807) is 6.07 Å². The maximum absolute atomic E-state index is 13.0. The predicted octanol–water partition coefficient (Wildman–Crippen LogP) is 3.91. The van der Waals surface area contributed by atoms with Gasteiger partial charge in [0.15, 0.2) is 0 Å². The lowest BCUT2D eigenvalue weighted by Gasteiger charge is -2.19. The molecule has 0 radical (unpaired) electrons. The van der Waals surface area contributed by atoms with Gasteiger partial charge < -0.3 is 14.8 Å². The standard InChI is InChI=1S/C22H25NO4/c1-13-8-10-16(11-9-13)19(12-20(24)26-4)23-22(25)18-7-5-6-17-14(2)15(3)27-21(17)18/h5-11,14-15,19H,12H2,1-4H3,(H,23,25). The summed E-state index contributed by atoms with van der Waals surface area (Å²) in [5.74, 6) is 0.228. The zero-order valence-electron chi connectivity index (χ0n) is 16.1. The highest BCUT2D eigenvalue weighted by atomic mass is 16.5. The van der Waals surface area contributed by atoms with E-state index in [4.69, 9.17) is 9.47 Å². The molecule has 1 N–H and O–H groups in total. The molecule has 142 valence electrons. The number of hydrogen-bond acceptors (Lipinski definition) is 4. The summed E-state index contributed by atoms with van der Waals surface area (Å²) in [4.78, 5) is 24.9. The third kappa shape index (κ3) is 3.97. The summed E-state index contributed by atoms with van der Waals surface area (Å²) in [7, 11) is 1.34. The number of carbonyl (C=O) groups is 2. The van der Waals surface area contributed by atoms with E-state index in [1.165, 1.54) is 7.11 Å². The van der Waals surface area contributed by atoms with Gasteiger partial charge in [-0.05, 0) is 25.5 Å². The van der Waals surface area contributed by atoms with Crippen molar-refractivity contribution in [2.75, 3.05) is 7.11 Å². The minimum absolute atomic E-state index is 0.0249. The molecule has 0 saturated heterocycles. The number of aryl methyl sites for hydroxylation is 1. The van der Waals surface area contributed by atoms with E-state index in [-0.39, 0.29) is 30.3 Å². The lowest BCUT2D eigenvalue weighted by atomic mass is 9.96. The van der Waals surface area contributed by atoms with E-state index >= 15 is 0 Å². The van der Waals surface area contributed by atoms with Gasteiger partial charge in [-0.2, -0.15) is 0 Å². The zero-order chi connectivity index (χ0) is 19.6. The molecule has 0 aliphatic carbocycles. The highest BCUT2D eigenvalue weighted by molar-refractivity contribution is 5.98. The third-order valence-electron chi connectivity index (χ3n) is 5.17. The normalized spacial score (nSPS) is 19.0. The first-order valence-electron chi connectivity index (χ1n) is 9.14. The number of ether oxygens (including phenoxy) is 2. The minimum Gasteiger partial charge on any atom is -0.489 e. The van der Waals surface area contributed by atoms with Gasteiger partial charge in [0.1, 0.15) is 11.9 Å². The molecule has 3 rings (SSSR count). The molecule has 1 amide bonds. The van der Waals surface area contributed by atoms with Crippen LogP contribution in [0.3, 0.4) is 0 Å². The molecule has 1 aliphatic heterocycles. The smallest absolute Gasteiger partial charge is 0.307 e. The fourth-order valence-corrected chi connectivity index (χ4v) is 3.30. The third-order valence-corrected chi connectivity index (χ3v) is 5.17. The summed E-state index contributed by atoms with van der Waals surface area (Å²) in [6.07, 6.45) is 0.0884. The van der Waals surface area contributed by atoms with Crippen molar-refractivity contribution in [1.82, 2.24) is 5.32 Å². The SMILES string of the molecule is COC(=O)CC(NC(=O)c1cccc2c1OC(C)C2C)c1ccc(C)cc1. The van der Waals surface area contributed by atoms with Gasteiger partial charge in [0.2, 0.25) is 0 Å². The van der Waals surface area contributed by atoms with E-state index in [9.17, 15) is 9.59 Å². The fraction of sp³-hybridized carbons (Fsp3) is 0.364. The molecule has 5 heteroatoms. The Morgan fingerprint density at radius 3 is 2.52 bits per heavy atom. The molecule has 27 heavy (non-hydrogen) atoms. The van der Waals surface area contributed by atoms with Crippen LogP contribution < -0.4 is 10.1 Å². The highest BCUT2D eigenvalue weighted by Crippen LogP contribution is 2.40. The van der Waals surface area contributed by atoms with Gasteiger partial charge in [0, 0.05) is 11.5 Å². The van der Waals surface area contributed by atoms with Crippen molar-refractivity contribution in [3.63, 3.8) is 0 Å². The van der Waals surface area contributed by atoms with Crippen molar-refractivity contribution in [3.05, 3.63) is 64.7 Å². The molecular weight excluding hydrogens is 342 g/mol. The number of esters is 1. The summed E-state index contributed by atoms with van der Waals surface area (Å²) in [6, 6.07) is 12.9. The summed E-state index contributed by atoms with van der Waals surface area (Å²) in [5, 5.41) is 2.97. The van der Waals surface area contributed by atoms with Gasteiger partial charge in [-0.25, -0.2) is 0 Å². The van der Waals surface area contributed by atoms with E-state index in [0.29, 0.717) is 11.3 Å². The Labute approximate surface area is 159 Å². The Bertz CT molecular complexity index is 844. The first-order valence-corrected chi connectivity index (χ1v) is 9.14. The van der Waals surface area contributed by atoms with Gasteiger partial charge in [-0.15, -0.1) is 0 Å². The van der Waals surface area contributed by atoms with Crippen LogP contribution in [0.4, 0.5) is 0 Å². The molecule has 2 aromatic carbocycles. The number of carbonyl (C=O) groups excluding carboxylic acids is 2. The van der Waals surface area contributed by atoms with Gasteiger partial charge in [-0.3, -0.25) is 9.59 Å². The number of benzene rings is 2. The molecule has 1 aliphatic rings. The van der Waals surface area contributed by atoms with Gasteiger partial charge in [0.05, 0.1) is 25.1 Å². The molecule has 0 fully saturated rings. The van der Waals surface area contributed by atoms with Crippen molar-refractivity contribution >= 4 is 11.9 Å². The Morgan fingerprint density at radius 1 is 1.15 bits per heavy atom. The van der Waals surface area contributed by atoms with Gasteiger partial charge in [0.25, 0.3) is 5.91 Å². The average Bonchev–Trinajstić information content (AvgIpc) is 2.96. The summed E-state index contributed by atoms with van der Waals surface area (Å²) < 4.78 is 10.7. The van der Waals surface area contributed by atoms with Gasteiger partial charge in [-0.1, -0.05) is 48.9 Å². The number of amides is 1. The lowest BCUT2D eigenvalue weighted by Crippen LogP contribution is -2.30. The van der Waals surface area contributed by atoms with Crippen molar-refractivity contribution in [2.24, 2.45) is 0 Å². The van der Waals surface area contributed by atoms with E-state index in [2.05, 4.69) is 12.2 Å². The second-order valence-corrected chi connectivity index (χ2v) is 7.05. The lowest BCUT2D eigenvalue weighted by molar-refractivity contribution is -0.141. The number of nitrogens with one attached hydrogen (secondary N) is 1. The van der Waals surface area contributed by atoms with E-state index < -0.39 is 6.04 Å². The number of para-hydroxylation sites is 1. The quantitative estimate of drug-likeness (QED) is 0.814. The molecule has 0 saturated carbocycles. The maximum Gasteiger partial charge on any atom is 0.307 e. The molecule has 3 unspecified atom stereocenters. The Balaban J connectivity index is 1.87. The van der Waals surface area contributed by atoms with Crippen molar-refractivity contribution < 1.29 is 19.1 Å². The number of hydrogen-bond donors (Lipinski definition) is 1. The molecule has 0 spiro atoms. The van der Waals surface area contributed by atoms with Crippen LogP contribution in [0.2, 0.25) is 0 Å². The second-order valence-electron chi connectivity index (χ2n) is 7.05. The first kappa shape index (κ1) is 19.0. The van der Waals surface area contributed by atoms with Crippen LogP contribution in [0.5, 0.6) is 5.75 Å². The van der Waals surface area contributed by atoms with Crippen LogP contribution in [-0.2, 0) is 9.53 Å². The molecule has 5 nitrogen and oxygen atoms in total. The average molecular weight is 367 g/mol. The van der Waals surface area contributed by atoms with E-state index in [1.807, 2.05) is 50.2 Å². The fourth-order valence-electron chi connectivity index (χ4n) is 3.30. The van der Waals surface area contributed by atoms with Crippen LogP contribution in [0, 0.1) is 6.92 Å². The molecule has 1 heterocycles. The Hall–Kier alpha value is -2.82. The summed E-state index contributed by atoms with van der Waals surface area (Å²) in [5.41, 5.74) is 3.49. The summed E-state index contributed by atoms with van der Waals surface area (Å²) in [6.45, 7) is 6.08. The Morgan fingerprint density at radius 2 is 1.85 bits per heavy atom. The molecule has 0 bridgehead atoms. The minimum atomic E-state index is -0.474. The number of rotatable bonds is 5. The zero-order valence-corrected chi connectivity index (χ0v) is 16.1.